The van der Waals surface area contributed by atoms with Crippen LogP contribution in [0.1, 0.15) is 49.9 Å². The second kappa shape index (κ2) is 9.36. The van der Waals surface area contributed by atoms with Crippen LogP contribution in [0.15, 0.2) is 23.1 Å². The molecular weight excluding hydrogens is 396 g/mol. The van der Waals surface area contributed by atoms with E-state index in [0.717, 1.165) is 32.2 Å². The van der Waals surface area contributed by atoms with Crippen molar-refractivity contribution < 1.29 is 14.6 Å². The third kappa shape index (κ3) is 4.60. The quantitative estimate of drug-likeness (QED) is 0.757. The van der Waals surface area contributed by atoms with Crippen LogP contribution in [0.4, 0.5) is 0 Å². The van der Waals surface area contributed by atoms with E-state index < -0.39 is 11.5 Å². The topological polar surface area (TPSA) is 96.7 Å². The van der Waals surface area contributed by atoms with Crippen molar-refractivity contribution >= 4 is 16.9 Å². The molecule has 2 aliphatic rings. The molecule has 1 aliphatic carbocycles. The monoisotopic (exact) mass is 428 g/mol. The van der Waals surface area contributed by atoms with Crippen LogP contribution in [0.2, 0.25) is 0 Å². The lowest BCUT2D eigenvalue weighted by atomic mass is 9.87. The summed E-state index contributed by atoms with van der Waals surface area (Å²) < 4.78 is 7.02. The highest BCUT2D eigenvalue weighted by molar-refractivity contribution is 6.01. The number of carbonyl (C=O) groups excluding carboxylic acids is 1. The number of hydrogen-bond donors (Lipinski definition) is 2. The smallest absolute Gasteiger partial charge is 0.268 e. The van der Waals surface area contributed by atoms with Gasteiger partial charge in [-0.3, -0.25) is 19.1 Å². The van der Waals surface area contributed by atoms with Crippen LogP contribution in [0.5, 0.6) is 5.75 Å². The van der Waals surface area contributed by atoms with E-state index in [-0.39, 0.29) is 23.4 Å². The molecular formula is C23H32N4O4. The number of pyridine rings is 2. The van der Waals surface area contributed by atoms with Gasteiger partial charge in [-0.05, 0) is 50.7 Å². The summed E-state index contributed by atoms with van der Waals surface area (Å²) in [4.78, 5) is 33.0. The van der Waals surface area contributed by atoms with Gasteiger partial charge in [-0.1, -0.05) is 6.92 Å². The van der Waals surface area contributed by atoms with E-state index in [1.54, 1.807) is 18.3 Å². The molecule has 0 bridgehead atoms. The minimum atomic E-state index is -0.499. The summed E-state index contributed by atoms with van der Waals surface area (Å²) in [5.74, 6) is -0.125. The van der Waals surface area contributed by atoms with Crippen molar-refractivity contribution in [3.63, 3.8) is 0 Å². The van der Waals surface area contributed by atoms with Crippen LogP contribution >= 0.6 is 0 Å². The zero-order valence-electron chi connectivity index (χ0n) is 18.3. The molecule has 1 amide bonds. The summed E-state index contributed by atoms with van der Waals surface area (Å²) >= 11 is 0. The highest BCUT2D eigenvalue weighted by atomic mass is 16.5. The van der Waals surface area contributed by atoms with Crippen molar-refractivity contribution in [2.24, 2.45) is 5.92 Å². The van der Waals surface area contributed by atoms with E-state index in [9.17, 15) is 14.7 Å². The third-order valence-corrected chi connectivity index (χ3v) is 6.69. The SMILES string of the molecule is CC1CCC(NC(=O)c2c(O)c3cccnc3n(CCN3CCOC[C@@H]3C)c2=O)CC1. The summed E-state index contributed by atoms with van der Waals surface area (Å²) in [6.45, 7) is 7.47. The average molecular weight is 429 g/mol. The number of morpholine rings is 1. The van der Waals surface area contributed by atoms with Crippen molar-refractivity contribution in [2.75, 3.05) is 26.3 Å². The number of nitrogens with one attached hydrogen (secondary N) is 1. The number of ether oxygens (including phenoxy) is 1. The summed E-state index contributed by atoms with van der Waals surface area (Å²) in [5.41, 5.74) is -0.283. The maximum Gasteiger partial charge on any atom is 0.268 e. The van der Waals surface area contributed by atoms with Crippen LogP contribution in [0.3, 0.4) is 0 Å². The lowest BCUT2D eigenvalue weighted by Gasteiger charge is -2.33. The number of fused-ring (bicyclic) bond motifs is 1. The molecule has 0 aromatic carbocycles. The Morgan fingerprint density at radius 1 is 1.26 bits per heavy atom. The van der Waals surface area contributed by atoms with E-state index in [1.807, 2.05) is 0 Å². The van der Waals surface area contributed by atoms with Gasteiger partial charge >= 0.3 is 0 Å². The Bertz CT molecular complexity index is 997. The van der Waals surface area contributed by atoms with E-state index in [2.05, 4.69) is 29.0 Å². The number of amides is 1. The third-order valence-electron chi connectivity index (χ3n) is 6.69. The van der Waals surface area contributed by atoms with Crippen molar-refractivity contribution in [2.45, 2.75) is 58.2 Å². The molecule has 2 fully saturated rings. The number of nitrogens with zero attached hydrogens (tertiary/aromatic N) is 3. The Balaban J connectivity index is 1.64. The highest BCUT2D eigenvalue weighted by Crippen LogP contribution is 2.27. The molecule has 0 unspecified atom stereocenters. The first-order valence-electron chi connectivity index (χ1n) is 11.3. The molecule has 0 spiro atoms. The van der Waals surface area contributed by atoms with Gasteiger partial charge in [-0.25, -0.2) is 4.98 Å². The molecule has 1 atom stereocenters. The van der Waals surface area contributed by atoms with Gasteiger partial charge in [0.2, 0.25) is 0 Å². The van der Waals surface area contributed by atoms with Crippen LogP contribution in [0.25, 0.3) is 11.0 Å². The highest BCUT2D eigenvalue weighted by Gasteiger charge is 2.27. The van der Waals surface area contributed by atoms with Gasteiger partial charge in [0.1, 0.15) is 17.0 Å². The molecule has 2 aromatic heterocycles. The summed E-state index contributed by atoms with van der Waals surface area (Å²) in [6, 6.07) is 3.70. The van der Waals surface area contributed by atoms with Gasteiger partial charge in [-0.15, -0.1) is 0 Å². The molecule has 4 rings (SSSR count). The minimum absolute atomic E-state index is 0.0368. The molecule has 31 heavy (non-hydrogen) atoms. The Labute approximate surface area is 182 Å². The lowest BCUT2D eigenvalue weighted by Crippen LogP contribution is -2.46. The van der Waals surface area contributed by atoms with Crippen molar-refractivity contribution in [3.8, 4) is 5.75 Å². The Hall–Kier alpha value is -2.45. The van der Waals surface area contributed by atoms with Crippen molar-refractivity contribution in [1.82, 2.24) is 19.8 Å². The fourth-order valence-corrected chi connectivity index (χ4v) is 4.66. The van der Waals surface area contributed by atoms with Gasteiger partial charge in [0.25, 0.3) is 11.5 Å². The molecule has 1 aliphatic heterocycles. The average Bonchev–Trinajstić information content (AvgIpc) is 2.76. The molecule has 2 N–H and O–H groups in total. The van der Waals surface area contributed by atoms with E-state index in [0.29, 0.717) is 43.3 Å². The molecule has 1 saturated carbocycles. The first kappa shape index (κ1) is 21.8. The van der Waals surface area contributed by atoms with Crippen molar-refractivity contribution in [3.05, 3.63) is 34.2 Å². The van der Waals surface area contributed by atoms with Gasteiger partial charge in [0.15, 0.2) is 0 Å². The maximum absolute atomic E-state index is 13.4. The summed E-state index contributed by atoms with van der Waals surface area (Å²) in [7, 11) is 0. The van der Waals surface area contributed by atoms with Gasteiger partial charge < -0.3 is 15.2 Å². The standard InChI is InChI=1S/C23H32N4O4/c1-15-5-7-17(8-6-15)25-22(29)19-20(28)18-4-3-9-24-21(18)27(23(19)30)11-10-26-12-13-31-14-16(26)2/h3-4,9,15-17,28H,5-8,10-14H2,1-2H3,(H,25,29)/t15?,16-,17?/m0/s1. The number of hydrogen-bond acceptors (Lipinski definition) is 6. The van der Waals surface area contributed by atoms with Crippen LogP contribution < -0.4 is 10.9 Å². The van der Waals surface area contributed by atoms with E-state index in [4.69, 9.17) is 4.74 Å². The maximum atomic E-state index is 13.4. The number of aromatic nitrogens is 2. The Morgan fingerprint density at radius 2 is 2.03 bits per heavy atom. The number of rotatable bonds is 5. The largest absolute Gasteiger partial charge is 0.506 e. The number of carbonyl (C=O) groups is 1. The first-order chi connectivity index (χ1) is 15.0. The van der Waals surface area contributed by atoms with Crippen LogP contribution in [0, 0.1) is 5.92 Å². The number of aromatic hydroxyl groups is 1. The minimum Gasteiger partial charge on any atom is -0.506 e. The molecule has 2 aromatic rings. The van der Waals surface area contributed by atoms with Gasteiger partial charge in [-0.2, -0.15) is 0 Å². The zero-order valence-corrected chi connectivity index (χ0v) is 18.3. The summed E-state index contributed by atoms with van der Waals surface area (Å²) in [6.07, 6.45) is 5.50. The van der Waals surface area contributed by atoms with E-state index >= 15 is 0 Å². The van der Waals surface area contributed by atoms with E-state index in [1.165, 1.54) is 4.57 Å². The fraction of sp³-hybridized carbons (Fsp3) is 0.609. The summed E-state index contributed by atoms with van der Waals surface area (Å²) in [5, 5.41) is 14.2. The second-order valence-electron chi connectivity index (χ2n) is 8.95. The lowest BCUT2D eigenvalue weighted by molar-refractivity contribution is -0.00163. The molecule has 3 heterocycles. The fourth-order valence-electron chi connectivity index (χ4n) is 4.66. The van der Waals surface area contributed by atoms with Crippen LogP contribution in [-0.4, -0.2) is 63.9 Å². The van der Waals surface area contributed by atoms with Gasteiger partial charge in [0.05, 0.1) is 18.6 Å². The second-order valence-corrected chi connectivity index (χ2v) is 8.95. The van der Waals surface area contributed by atoms with Crippen LogP contribution in [-0.2, 0) is 11.3 Å². The zero-order chi connectivity index (χ0) is 22.0. The predicted octanol–water partition coefficient (Wildman–Crippen LogP) is 2.13. The molecule has 168 valence electrons. The predicted molar refractivity (Wildman–Crippen MR) is 118 cm³/mol. The Morgan fingerprint density at radius 3 is 2.77 bits per heavy atom. The molecule has 8 nitrogen and oxygen atoms in total. The molecule has 0 radical (unpaired) electrons. The molecule has 8 heteroatoms. The molecule has 1 saturated heterocycles. The normalized spacial score (nSPS) is 24.9. The van der Waals surface area contributed by atoms with Crippen molar-refractivity contribution in [1.29, 1.82) is 0 Å². The first-order valence-corrected chi connectivity index (χ1v) is 11.3. The van der Waals surface area contributed by atoms with Gasteiger partial charge in [0, 0.05) is 37.9 Å². The Kier molecular flexibility index (Phi) is 6.57.